The molecule has 0 unspecified atom stereocenters. The fourth-order valence-corrected chi connectivity index (χ4v) is 4.56. The predicted molar refractivity (Wildman–Crippen MR) is 140 cm³/mol. The number of rotatable bonds is 11. The fraction of sp³-hybridized carbons (Fsp3) is 0.240. The molecule has 1 aliphatic rings. The molecule has 3 amide bonds. The number of nitrogens with one attached hydrogen (secondary N) is 1. The number of nitrogens with zero attached hydrogens (tertiary/aromatic N) is 1. The third kappa shape index (κ3) is 6.89. The van der Waals surface area contributed by atoms with Crippen molar-refractivity contribution in [3.63, 3.8) is 0 Å². The Morgan fingerprint density at radius 2 is 1.83 bits per heavy atom. The highest BCUT2D eigenvalue weighted by molar-refractivity contribution is 9.10. The van der Waals surface area contributed by atoms with E-state index < -0.39 is 23.6 Å². The van der Waals surface area contributed by atoms with Crippen LogP contribution in [0.25, 0.3) is 6.08 Å². The van der Waals surface area contributed by atoms with Crippen LogP contribution in [0.4, 0.5) is 10.5 Å². The quantitative estimate of drug-likeness (QED) is 0.287. The highest BCUT2D eigenvalue weighted by atomic mass is 79.9. The van der Waals surface area contributed by atoms with Gasteiger partial charge in [0.1, 0.15) is 18.9 Å². The number of carbonyl (C=O) groups excluding carboxylic acids is 3. The average Bonchev–Trinajstić information content (AvgIpc) is 3.07. The highest BCUT2D eigenvalue weighted by Crippen LogP contribution is 2.39. The van der Waals surface area contributed by atoms with Crippen molar-refractivity contribution in [1.82, 2.24) is 4.90 Å². The molecule has 0 atom stereocenters. The lowest BCUT2D eigenvalue weighted by Crippen LogP contribution is -2.36. The highest BCUT2D eigenvalue weighted by Gasteiger charge is 2.36. The fourth-order valence-electron chi connectivity index (χ4n) is 3.15. The maximum atomic E-state index is 12.9. The van der Waals surface area contributed by atoms with Gasteiger partial charge in [-0.2, -0.15) is 0 Å². The van der Waals surface area contributed by atoms with Gasteiger partial charge in [0.15, 0.2) is 11.5 Å². The summed E-state index contributed by atoms with van der Waals surface area (Å²) in [5, 5.41) is 2.17. The molecule has 2 aromatic rings. The van der Waals surface area contributed by atoms with Crippen molar-refractivity contribution >= 4 is 56.5 Å². The number of thioether (sulfide) groups is 1. The van der Waals surface area contributed by atoms with Crippen molar-refractivity contribution in [2.45, 2.75) is 13.8 Å². The lowest BCUT2D eigenvalue weighted by atomic mass is 10.2. The maximum Gasteiger partial charge on any atom is 0.294 e. The van der Waals surface area contributed by atoms with E-state index in [1.54, 1.807) is 48.6 Å². The van der Waals surface area contributed by atoms with Crippen molar-refractivity contribution < 1.29 is 28.6 Å². The number of imide groups is 1. The Hall–Kier alpha value is -3.24. The van der Waals surface area contributed by atoms with E-state index in [-0.39, 0.29) is 4.91 Å². The molecule has 8 nitrogen and oxygen atoms in total. The van der Waals surface area contributed by atoms with Crippen LogP contribution >= 0.6 is 27.7 Å². The van der Waals surface area contributed by atoms with Crippen LogP contribution in [0, 0.1) is 0 Å². The molecule has 1 N–H and O–H groups in total. The van der Waals surface area contributed by atoms with Gasteiger partial charge in [-0.05, 0) is 89.6 Å². The van der Waals surface area contributed by atoms with Gasteiger partial charge in [0.2, 0.25) is 5.91 Å². The first kappa shape index (κ1) is 26.4. The van der Waals surface area contributed by atoms with Crippen molar-refractivity contribution in [2.24, 2.45) is 0 Å². The van der Waals surface area contributed by atoms with E-state index in [1.165, 1.54) is 0 Å². The molecule has 0 spiro atoms. The van der Waals surface area contributed by atoms with E-state index in [1.807, 2.05) is 13.8 Å². The normalized spacial score (nSPS) is 14.3. The zero-order chi connectivity index (χ0) is 25.4. The smallest absolute Gasteiger partial charge is 0.294 e. The summed E-state index contributed by atoms with van der Waals surface area (Å²) >= 11 is 4.24. The molecular weight excluding hydrogens is 536 g/mol. The molecule has 1 saturated heterocycles. The minimum Gasteiger partial charge on any atom is -0.494 e. The zero-order valence-corrected chi connectivity index (χ0v) is 21.7. The van der Waals surface area contributed by atoms with Crippen LogP contribution in [0.1, 0.15) is 19.4 Å². The number of ether oxygens (including phenoxy) is 3. The molecule has 2 aromatic carbocycles. The molecule has 3 rings (SSSR count). The molecule has 1 aliphatic heterocycles. The maximum absolute atomic E-state index is 12.9. The predicted octanol–water partition coefficient (Wildman–Crippen LogP) is 5.49. The number of hydrogen-bond donors (Lipinski definition) is 1. The molecule has 0 bridgehead atoms. The van der Waals surface area contributed by atoms with Gasteiger partial charge in [-0.1, -0.05) is 12.7 Å². The van der Waals surface area contributed by atoms with Gasteiger partial charge in [-0.25, -0.2) is 0 Å². The van der Waals surface area contributed by atoms with Gasteiger partial charge in [-0.15, -0.1) is 0 Å². The van der Waals surface area contributed by atoms with E-state index >= 15 is 0 Å². The van der Waals surface area contributed by atoms with Crippen LogP contribution in [-0.2, 0) is 9.59 Å². The van der Waals surface area contributed by atoms with Gasteiger partial charge in [0.25, 0.3) is 11.1 Å². The van der Waals surface area contributed by atoms with Crippen LogP contribution in [0.15, 0.2) is 58.4 Å². The Morgan fingerprint density at radius 3 is 2.49 bits per heavy atom. The van der Waals surface area contributed by atoms with Crippen molar-refractivity contribution in [2.75, 3.05) is 31.7 Å². The lowest BCUT2D eigenvalue weighted by molar-refractivity contribution is -0.127. The summed E-state index contributed by atoms with van der Waals surface area (Å²) in [4.78, 5) is 38.9. The Balaban J connectivity index is 1.72. The van der Waals surface area contributed by atoms with Gasteiger partial charge >= 0.3 is 0 Å². The number of carbonyl (C=O) groups is 3. The minimum absolute atomic E-state index is 0.206. The van der Waals surface area contributed by atoms with E-state index in [4.69, 9.17) is 14.2 Å². The van der Waals surface area contributed by atoms with Crippen LogP contribution in [0.2, 0.25) is 0 Å². The summed E-state index contributed by atoms with van der Waals surface area (Å²) < 4.78 is 17.3. The van der Waals surface area contributed by atoms with Gasteiger partial charge in [0, 0.05) is 5.69 Å². The SMILES string of the molecule is C=CCOc1c(Br)cc(/C=C2/SC(=O)N(CC(=O)Nc3ccc(OCC)cc3)C2=O)cc1OCC. The van der Waals surface area contributed by atoms with Gasteiger partial charge in [0.05, 0.1) is 22.6 Å². The minimum atomic E-state index is -0.539. The third-order valence-corrected chi connectivity index (χ3v) is 6.10. The van der Waals surface area contributed by atoms with E-state index in [2.05, 4.69) is 27.8 Å². The molecule has 0 aliphatic carbocycles. The first-order valence-corrected chi connectivity index (χ1v) is 12.4. The number of halogens is 1. The summed E-state index contributed by atoms with van der Waals surface area (Å²) in [7, 11) is 0. The summed E-state index contributed by atoms with van der Waals surface area (Å²) in [6, 6.07) is 10.3. The summed E-state index contributed by atoms with van der Waals surface area (Å²) in [5.41, 5.74) is 1.17. The number of benzene rings is 2. The molecular formula is C25H25BrN2O6S. The first-order valence-electron chi connectivity index (χ1n) is 10.8. The second-order valence-corrected chi connectivity index (χ2v) is 8.98. The Bertz CT molecular complexity index is 1150. The van der Waals surface area contributed by atoms with Crippen molar-refractivity contribution in [1.29, 1.82) is 0 Å². The lowest BCUT2D eigenvalue weighted by Gasteiger charge is -2.14. The molecule has 0 aromatic heterocycles. The van der Waals surface area contributed by atoms with Gasteiger partial charge in [-0.3, -0.25) is 19.3 Å². The topological polar surface area (TPSA) is 94.2 Å². The first-order chi connectivity index (χ1) is 16.9. The Morgan fingerprint density at radius 1 is 1.11 bits per heavy atom. The number of amides is 3. The summed E-state index contributed by atoms with van der Waals surface area (Å²) in [6.45, 7) is 8.24. The van der Waals surface area contributed by atoms with E-state index in [0.717, 1.165) is 16.7 Å². The van der Waals surface area contributed by atoms with Crippen LogP contribution in [0.3, 0.4) is 0 Å². The standard InChI is InChI=1S/C25H25BrN2O6S/c1-4-11-34-23-19(26)12-16(13-20(23)33-6-3)14-21-24(30)28(25(31)35-21)15-22(29)27-17-7-9-18(10-8-17)32-5-2/h4,7-10,12-14H,1,5-6,11,15H2,2-3H3,(H,27,29)/b21-14+. The molecule has 35 heavy (non-hydrogen) atoms. The summed E-state index contributed by atoms with van der Waals surface area (Å²) in [6.07, 6.45) is 3.21. The number of anilines is 1. The van der Waals surface area contributed by atoms with Crippen LogP contribution in [-0.4, -0.2) is 48.3 Å². The Kier molecular flexibility index (Phi) is 9.39. The molecule has 184 valence electrons. The number of hydrogen-bond acceptors (Lipinski definition) is 7. The van der Waals surface area contributed by atoms with Crippen molar-refractivity contribution in [3.05, 3.63) is 64.0 Å². The van der Waals surface area contributed by atoms with Crippen molar-refractivity contribution in [3.8, 4) is 17.2 Å². The second kappa shape index (κ2) is 12.5. The second-order valence-electron chi connectivity index (χ2n) is 7.14. The molecule has 1 fully saturated rings. The zero-order valence-electron chi connectivity index (χ0n) is 19.3. The van der Waals surface area contributed by atoms with E-state index in [0.29, 0.717) is 52.8 Å². The van der Waals surface area contributed by atoms with Crippen LogP contribution in [0.5, 0.6) is 17.2 Å². The summed E-state index contributed by atoms with van der Waals surface area (Å²) in [5.74, 6) is 0.665. The monoisotopic (exact) mass is 560 g/mol. The van der Waals surface area contributed by atoms with E-state index in [9.17, 15) is 14.4 Å². The van der Waals surface area contributed by atoms with Crippen LogP contribution < -0.4 is 19.5 Å². The van der Waals surface area contributed by atoms with Gasteiger partial charge < -0.3 is 19.5 Å². The largest absolute Gasteiger partial charge is 0.494 e. The molecule has 0 radical (unpaired) electrons. The molecule has 1 heterocycles. The molecule has 10 heteroatoms. The average molecular weight is 561 g/mol. The Labute approximate surface area is 216 Å². The third-order valence-electron chi connectivity index (χ3n) is 4.60. The molecule has 0 saturated carbocycles.